The van der Waals surface area contributed by atoms with Crippen molar-refractivity contribution in [3.8, 4) is 0 Å². The molecule has 0 heterocycles. The zero-order chi connectivity index (χ0) is 14.5. The van der Waals surface area contributed by atoms with Crippen LogP contribution in [0.5, 0.6) is 0 Å². The molecule has 1 N–H and O–H groups in total. The molecule has 0 saturated heterocycles. The average molecular weight is 305 g/mol. The summed E-state index contributed by atoms with van der Waals surface area (Å²) in [4.78, 5) is 12.1. The number of anilines is 1. The van der Waals surface area contributed by atoms with Crippen LogP contribution in [0.1, 0.15) is 20.8 Å². The van der Waals surface area contributed by atoms with Crippen molar-refractivity contribution in [2.45, 2.75) is 36.2 Å². The smallest absolute Gasteiger partial charge is 0.288 e. The zero-order valence-corrected chi connectivity index (χ0v) is 12.7. The number of carbonyl (C=O) groups excluding carboxylic acids is 1. The van der Waals surface area contributed by atoms with Crippen molar-refractivity contribution in [1.29, 1.82) is 0 Å². The maximum absolute atomic E-state index is 12.4. The fourth-order valence-electron chi connectivity index (χ4n) is 1.24. The van der Waals surface area contributed by atoms with Crippen LogP contribution >= 0.6 is 23.5 Å². The summed E-state index contributed by atoms with van der Waals surface area (Å²) in [6.07, 6.45) is 0. The van der Waals surface area contributed by atoms with Crippen LogP contribution in [-0.4, -0.2) is 22.2 Å². The Kier molecular flexibility index (Phi) is 6.13. The summed E-state index contributed by atoms with van der Waals surface area (Å²) in [5.74, 6) is -2.37. The van der Waals surface area contributed by atoms with E-state index in [4.69, 9.17) is 0 Å². The largest absolute Gasteiger partial charge is 0.324 e. The van der Waals surface area contributed by atoms with Gasteiger partial charge in [-0.15, -0.1) is 11.8 Å². The molecule has 0 aliphatic rings. The monoisotopic (exact) mass is 305 g/mol. The summed E-state index contributed by atoms with van der Waals surface area (Å²) in [7, 11) is 0. The zero-order valence-electron chi connectivity index (χ0n) is 11.1. The Labute approximate surface area is 120 Å². The van der Waals surface area contributed by atoms with E-state index in [1.54, 1.807) is 24.3 Å². The van der Waals surface area contributed by atoms with Gasteiger partial charge in [0.2, 0.25) is 5.91 Å². The molecule has 0 atom stereocenters. The highest BCUT2D eigenvalue weighted by Crippen LogP contribution is 2.32. The van der Waals surface area contributed by atoms with E-state index in [0.29, 0.717) is 28.1 Å². The topological polar surface area (TPSA) is 29.1 Å². The van der Waals surface area contributed by atoms with Crippen LogP contribution < -0.4 is 5.32 Å². The number of carbonyl (C=O) groups is 1. The second kappa shape index (κ2) is 7.14. The van der Waals surface area contributed by atoms with Crippen LogP contribution in [0.4, 0.5) is 14.5 Å². The van der Waals surface area contributed by atoms with E-state index in [9.17, 15) is 13.6 Å². The van der Waals surface area contributed by atoms with Gasteiger partial charge in [-0.25, -0.2) is 0 Å². The fraction of sp³-hybridized carbons (Fsp3) is 0.462. The third-order valence-corrected chi connectivity index (χ3v) is 4.07. The predicted octanol–water partition coefficient (Wildman–Crippen LogP) is 4.47. The number of hydrogen-bond acceptors (Lipinski definition) is 3. The van der Waals surface area contributed by atoms with Gasteiger partial charge in [0.15, 0.2) is 0 Å². The van der Waals surface area contributed by atoms with Gasteiger partial charge in [0, 0.05) is 9.64 Å². The highest BCUT2D eigenvalue weighted by atomic mass is 32.2. The number of para-hydroxylation sites is 1. The normalized spacial score (nSPS) is 11.7. The van der Waals surface area contributed by atoms with Crippen molar-refractivity contribution >= 4 is 35.1 Å². The molecule has 0 spiro atoms. The third kappa shape index (κ3) is 6.82. The van der Waals surface area contributed by atoms with Crippen LogP contribution in [0.2, 0.25) is 0 Å². The van der Waals surface area contributed by atoms with Gasteiger partial charge in [0.25, 0.3) is 5.76 Å². The minimum atomic E-state index is -2.50. The van der Waals surface area contributed by atoms with Crippen molar-refractivity contribution < 1.29 is 13.6 Å². The van der Waals surface area contributed by atoms with Crippen molar-refractivity contribution in [3.63, 3.8) is 0 Å². The molecule has 1 rings (SSSR count). The molecule has 0 aromatic heterocycles. The molecule has 0 radical (unpaired) electrons. The van der Waals surface area contributed by atoms with Crippen LogP contribution in [0, 0.1) is 0 Å². The number of benzene rings is 1. The first-order valence-corrected chi connectivity index (χ1v) is 7.62. The lowest BCUT2D eigenvalue weighted by atomic mass is 10.3. The van der Waals surface area contributed by atoms with Crippen molar-refractivity contribution in [1.82, 2.24) is 0 Å². The summed E-state index contributed by atoms with van der Waals surface area (Å²) in [6, 6.07) is 6.58. The lowest BCUT2D eigenvalue weighted by Gasteiger charge is -2.17. The van der Waals surface area contributed by atoms with Gasteiger partial charge in [0.05, 0.1) is 11.4 Å². The van der Waals surface area contributed by atoms with E-state index in [0.717, 1.165) is 0 Å². The number of alkyl halides is 2. The summed E-state index contributed by atoms with van der Waals surface area (Å²) >= 11 is 1.95. The molecule has 6 heteroatoms. The Hall–Kier alpha value is -0.750. The molecule has 106 valence electrons. The standard InChI is InChI=1S/C13H17F2NOS2/c1-13(2,3)18-8-11(17)16-9-6-4-5-7-10(9)19-12(14)15/h4-7,12H,8H2,1-3H3,(H,16,17). The molecule has 0 aliphatic carbocycles. The fourth-order valence-corrected chi connectivity index (χ4v) is 2.47. The first-order valence-electron chi connectivity index (χ1n) is 5.75. The van der Waals surface area contributed by atoms with Crippen molar-refractivity contribution in [2.24, 2.45) is 0 Å². The van der Waals surface area contributed by atoms with Gasteiger partial charge in [-0.3, -0.25) is 4.79 Å². The first kappa shape index (κ1) is 16.3. The summed E-state index contributed by atoms with van der Waals surface area (Å²) in [6.45, 7) is 6.06. The van der Waals surface area contributed by atoms with E-state index in [2.05, 4.69) is 5.32 Å². The summed E-state index contributed by atoms with van der Waals surface area (Å²) in [5.41, 5.74) is 0.437. The van der Waals surface area contributed by atoms with Gasteiger partial charge >= 0.3 is 0 Å². The number of amides is 1. The predicted molar refractivity (Wildman–Crippen MR) is 79.1 cm³/mol. The SMILES string of the molecule is CC(C)(C)SCC(=O)Nc1ccccc1SC(F)F. The lowest BCUT2D eigenvalue weighted by molar-refractivity contribution is -0.113. The number of nitrogens with one attached hydrogen (secondary N) is 1. The molecule has 1 aromatic rings. The molecule has 0 bridgehead atoms. The number of rotatable bonds is 5. The van der Waals surface area contributed by atoms with E-state index < -0.39 is 5.76 Å². The average Bonchev–Trinajstić information content (AvgIpc) is 2.27. The molecule has 0 unspecified atom stereocenters. The third-order valence-electron chi connectivity index (χ3n) is 2.01. The van der Waals surface area contributed by atoms with Crippen LogP contribution in [-0.2, 0) is 4.79 Å². The molecule has 0 fully saturated rings. The molecular weight excluding hydrogens is 288 g/mol. The summed E-state index contributed by atoms with van der Waals surface area (Å²) < 4.78 is 24.8. The lowest BCUT2D eigenvalue weighted by Crippen LogP contribution is -2.19. The van der Waals surface area contributed by atoms with Crippen molar-refractivity contribution in [2.75, 3.05) is 11.1 Å². The number of thioether (sulfide) groups is 2. The van der Waals surface area contributed by atoms with Gasteiger partial charge < -0.3 is 5.32 Å². The highest BCUT2D eigenvalue weighted by molar-refractivity contribution is 8.01. The minimum absolute atomic E-state index is 0.00538. The quantitative estimate of drug-likeness (QED) is 0.814. The Morgan fingerprint density at radius 2 is 1.95 bits per heavy atom. The number of halogens is 2. The van der Waals surface area contributed by atoms with Gasteiger partial charge in [-0.05, 0) is 12.1 Å². The minimum Gasteiger partial charge on any atom is -0.324 e. The maximum Gasteiger partial charge on any atom is 0.288 e. The second-order valence-corrected chi connectivity index (χ2v) is 7.66. The first-order chi connectivity index (χ1) is 8.78. The molecule has 0 saturated carbocycles. The Balaban J connectivity index is 2.63. The van der Waals surface area contributed by atoms with Gasteiger partial charge in [-0.1, -0.05) is 44.7 Å². The Morgan fingerprint density at radius 3 is 2.53 bits per heavy atom. The summed E-state index contributed by atoms with van der Waals surface area (Å²) in [5, 5.41) is 2.67. The molecule has 19 heavy (non-hydrogen) atoms. The van der Waals surface area contributed by atoms with E-state index in [1.165, 1.54) is 11.8 Å². The highest BCUT2D eigenvalue weighted by Gasteiger charge is 2.15. The maximum atomic E-state index is 12.4. The van der Waals surface area contributed by atoms with Crippen LogP contribution in [0.15, 0.2) is 29.2 Å². The van der Waals surface area contributed by atoms with Gasteiger partial charge in [-0.2, -0.15) is 8.78 Å². The van der Waals surface area contributed by atoms with Gasteiger partial charge in [0.1, 0.15) is 0 Å². The molecular formula is C13H17F2NOS2. The molecule has 1 aromatic carbocycles. The van der Waals surface area contributed by atoms with Crippen LogP contribution in [0.25, 0.3) is 0 Å². The van der Waals surface area contributed by atoms with E-state index in [-0.39, 0.29) is 10.7 Å². The Morgan fingerprint density at radius 1 is 1.32 bits per heavy atom. The molecule has 0 aliphatic heterocycles. The van der Waals surface area contributed by atoms with Crippen LogP contribution in [0.3, 0.4) is 0 Å². The Bertz CT molecular complexity index is 433. The van der Waals surface area contributed by atoms with E-state index in [1.807, 2.05) is 20.8 Å². The van der Waals surface area contributed by atoms with Crippen molar-refractivity contribution in [3.05, 3.63) is 24.3 Å². The molecule has 1 amide bonds. The number of hydrogen-bond donors (Lipinski definition) is 1. The van der Waals surface area contributed by atoms with E-state index >= 15 is 0 Å². The second-order valence-electron chi connectivity index (χ2n) is 4.82. The molecule has 2 nitrogen and oxygen atoms in total.